The number of thiocarbonyl (C=S) groups is 1. The van der Waals surface area contributed by atoms with Crippen LogP contribution in [0.4, 0.5) is 5.69 Å². The van der Waals surface area contributed by atoms with Crippen LogP contribution >= 0.6 is 19.6 Å². The van der Waals surface area contributed by atoms with Gasteiger partial charge in [0.25, 0.3) is 0 Å². The Balaban J connectivity index is 1.55. The molecule has 0 spiro atoms. The number of nitrogens with one attached hydrogen (secondary N) is 1. The van der Waals surface area contributed by atoms with Gasteiger partial charge < -0.3 is 10.1 Å². The van der Waals surface area contributed by atoms with E-state index in [-0.39, 0.29) is 10.6 Å². The predicted molar refractivity (Wildman–Crippen MR) is 182 cm³/mol. The fourth-order valence-electron chi connectivity index (χ4n) is 6.17. The van der Waals surface area contributed by atoms with Crippen LogP contribution in [0.2, 0.25) is 0 Å². The highest BCUT2D eigenvalue weighted by Gasteiger charge is 2.44. The monoisotopic (exact) mass is 596 g/mol. The van der Waals surface area contributed by atoms with E-state index in [0.29, 0.717) is 5.11 Å². The predicted octanol–water partition coefficient (Wildman–Crippen LogP) is 10.4. The summed E-state index contributed by atoms with van der Waals surface area (Å²) in [6.45, 7) is 18.5. The van der Waals surface area contributed by atoms with Gasteiger partial charge in [-0.2, -0.15) is 0 Å². The summed E-state index contributed by atoms with van der Waals surface area (Å²) in [4.78, 5) is 0. The summed E-state index contributed by atoms with van der Waals surface area (Å²) in [7, 11) is -2.09. The second kappa shape index (κ2) is 14.2. The van der Waals surface area contributed by atoms with Gasteiger partial charge in [-0.25, -0.2) is 4.74 Å². The second-order valence-electron chi connectivity index (χ2n) is 13.4. The largest absolute Gasteiger partial charge is 0.457 e. The van der Waals surface area contributed by atoms with Gasteiger partial charge in [0.05, 0.1) is 0 Å². The van der Waals surface area contributed by atoms with Gasteiger partial charge in [0.15, 0.2) is 5.11 Å². The number of rotatable bonds is 7. The maximum Gasteiger partial charge on any atom is 0.198 e. The van der Waals surface area contributed by atoms with Gasteiger partial charge in [0.2, 0.25) is 0 Å². The molecule has 0 atom stereocenters. The van der Waals surface area contributed by atoms with Crippen LogP contribution in [0.25, 0.3) is 0 Å². The molecule has 2 fully saturated rings. The van der Waals surface area contributed by atoms with E-state index < -0.39 is 7.36 Å². The Kier molecular flexibility index (Phi) is 11.1. The van der Waals surface area contributed by atoms with Crippen LogP contribution in [0, 0.1) is 0 Å². The first-order valence-electron chi connectivity index (χ1n) is 15.9. The minimum absolute atomic E-state index is 0.00695. The third-order valence-corrected chi connectivity index (χ3v) is 13.9. The quantitative estimate of drug-likeness (QED) is 0.254. The fraction of sp³-hybridized carbons (Fsp3) is 0.618. The summed E-state index contributed by atoms with van der Waals surface area (Å²) in [6.07, 6.45) is 11.4. The average molecular weight is 597 g/mol. The van der Waals surface area contributed by atoms with Gasteiger partial charge in [-0.05, 0) is 91.7 Å². The molecule has 0 unspecified atom stereocenters. The standard InChI is InChI=1S/C34H53N4OPS/c1-7-34(5,6)28-16-20-30(21-17-28)39-31-22-18-29(19-23-31)35-32(41)36-40(33(2,3)4,37-24-12-8-9-13-25-37)38-26-14-10-11-15-27-38/h16-23H,7-15,24-27H2,1-6H3,(H,35,41). The molecular formula is C34H53N4OPS. The van der Waals surface area contributed by atoms with Gasteiger partial charge in [-0.3, -0.25) is 9.34 Å². The van der Waals surface area contributed by atoms with E-state index in [0.717, 1.165) is 49.8 Å². The zero-order valence-electron chi connectivity index (χ0n) is 26.4. The molecule has 226 valence electrons. The summed E-state index contributed by atoms with van der Waals surface area (Å²) in [5.41, 5.74) is 2.45. The van der Waals surface area contributed by atoms with Crippen molar-refractivity contribution in [1.82, 2.24) is 9.34 Å². The van der Waals surface area contributed by atoms with Crippen molar-refractivity contribution in [3.63, 3.8) is 0 Å². The number of anilines is 1. The van der Waals surface area contributed by atoms with Crippen molar-refractivity contribution < 1.29 is 4.74 Å². The third kappa shape index (κ3) is 8.02. The van der Waals surface area contributed by atoms with E-state index in [4.69, 9.17) is 21.7 Å². The maximum atomic E-state index is 6.16. The molecule has 41 heavy (non-hydrogen) atoms. The zero-order valence-corrected chi connectivity index (χ0v) is 28.1. The molecule has 2 aliphatic heterocycles. The molecule has 0 saturated carbocycles. The first-order valence-corrected chi connectivity index (χ1v) is 17.9. The zero-order chi connectivity index (χ0) is 29.5. The number of nitrogens with zero attached hydrogens (tertiary/aromatic N) is 3. The second-order valence-corrected chi connectivity index (χ2v) is 17.6. The van der Waals surface area contributed by atoms with Crippen LogP contribution in [0.3, 0.4) is 0 Å². The van der Waals surface area contributed by atoms with Crippen LogP contribution in [0.15, 0.2) is 53.3 Å². The molecule has 0 aromatic heterocycles. The number of benzene rings is 2. The molecule has 4 rings (SSSR count). The molecule has 0 amide bonds. The van der Waals surface area contributed by atoms with Crippen LogP contribution in [-0.2, 0) is 5.41 Å². The Morgan fingerprint density at radius 2 is 1.20 bits per heavy atom. The fourth-order valence-corrected chi connectivity index (χ4v) is 11.2. The van der Waals surface area contributed by atoms with Crippen LogP contribution in [0.5, 0.6) is 11.5 Å². The van der Waals surface area contributed by atoms with E-state index >= 15 is 0 Å². The van der Waals surface area contributed by atoms with Crippen LogP contribution in [-0.4, -0.2) is 45.8 Å². The Hall–Kier alpha value is -1.72. The Morgan fingerprint density at radius 1 is 0.756 bits per heavy atom. The molecule has 2 saturated heterocycles. The summed E-state index contributed by atoms with van der Waals surface area (Å²) in [6, 6.07) is 16.6. The molecule has 2 heterocycles. The molecule has 5 nitrogen and oxygen atoms in total. The number of hydrogen-bond acceptors (Lipinski definition) is 2. The minimum atomic E-state index is -2.09. The lowest BCUT2D eigenvalue weighted by molar-refractivity contribution is 0.368. The molecule has 0 aliphatic carbocycles. The number of ether oxygens (including phenoxy) is 1. The average Bonchev–Trinajstić information content (AvgIpc) is 3.39. The van der Waals surface area contributed by atoms with Gasteiger partial charge in [0, 0.05) is 37.0 Å². The van der Waals surface area contributed by atoms with Crippen molar-refractivity contribution >= 4 is 30.4 Å². The van der Waals surface area contributed by atoms with Crippen molar-refractivity contribution in [3.8, 4) is 11.5 Å². The first-order chi connectivity index (χ1) is 19.5. The van der Waals surface area contributed by atoms with Crippen LogP contribution < -0.4 is 10.1 Å². The lowest BCUT2D eigenvalue weighted by Gasteiger charge is -2.50. The van der Waals surface area contributed by atoms with E-state index in [1.165, 1.54) is 56.9 Å². The molecule has 0 bridgehead atoms. The van der Waals surface area contributed by atoms with Gasteiger partial charge >= 0.3 is 0 Å². The smallest absolute Gasteiger partial charge is 0.198 e. The summed E-state index contributed by atoms with van der Waals surface area (Å²) in [5, 5.41) is 4.09. The van der Waals surface area contributed by atoms with Crippen molar-refractivity contribution in [2.75, 3.05) is 31.5 Å². The van der Waals surface area contributed by atoms with Crippen molar-refractivity contribution in [1.29, 1.82) is 0 Å². The molecule has 2 aromatic carbocycles. The summed E-state index contributed by atoms with van der Waals surface area (Å²) in [5.74, 6) is 1.66. The SMILES string of the molecule is CCC(C)(C)c1ccc(Oc2ccc(NC(=S)N=P(N3CCCCCC3)(N3CCCCCC3)C(C)(C)C)cc2)cc1. The normalized spacial score (nSPS) is 18.3. The lowest BCUT2D eigenvalue weighted by Crippen LogP contribution is -2.42. The highest BCUT2D eigenvalue weighted by atomic mass is 32.1. The molecule has 0 radical (unpaired) electrons. The van der Waals surface area contributed by atoms with Gasteiger partial charge in [-0.15, -0.1) is 0 Å². The Labute approximate surface area is 255 Å². The van der Waals surface area contributed by atoms with E-state index in [2.05, 4.69) is 80.5 Å². The Morgan fingerprint density at radius 3 is 1.61 bits per heavy atom. The third-order valence-electron chi connectivity index (χ3n) is 8.94. The van der Waals surface area contributed by atoms with Gasteiger partial charge in [0.1, 0.15) is 18.9 Å². The van der Waals surface area contributed by atoms with E-state index in [9.17, 15) is 0 Å². The van der Waals surface area contributed by atoms with Crippen molar-refractivity contribution in [2.45, 2.75) is 110 Å². The topological polar surface area (TPSA) is 40.1 Å². The molecule has 2 aliphatic rings. The van der Waals surface area contributed by atoms with Crippen LogP contribution in [0.1, 0.15) is 105 Å². The van der Waals surface area contributed by atoms with E-state index in [1.807, 2.05) is 24.3 Å². The first kappa shape index (κ1) is 32.2. The summed E-state index contributed by atoms with van der Waals surface area (Å²) >= 11 is 6.01. The van der Waals surface area contributed by atoms with Gasteiger partial charge in [-0.1, -0.05) is 79.4 Å². The molecule has 2 aromatic rings. The highest BCUT2D eigenvalue weighted by molar-refractivity contribution is 7.81. The Bertz CT molecular complexity index is 1150. The molecule has 7 heteroatoms. The lowest BCUT2D eigenvalue weighted by atomic mass is 9.82. The van der Waals surface area contributed by atoms with Crippen molar-refractivity contribution in [2.24, 2.45) is 4.74 Å². The highest BCUT2D eigenvalue weighted by Crippen LogP contribution is 2.67. The molecule has 1 N–H and O–H groups in total. The minimum Gasteiger partial charge on any atom is -0.457 e. The number of hydrogen-bond donors (Lipinski definition) is 1. The summed E-state index contributed by atoms with van der Waals surface area (Å²) < 4.78 is 17.3. The van der Waals surface area contributed by atoms with Crippen molar-refractivity contribution in [3.05, 3.63) is 54.1 Å². The maximum absolute atomic E-state index is 6.16. The molecular weight excluding hydrogens is 543 g/mol. The van der Waals surface area contributed by atoms with E-state index in [1.54, 1.807) is 0 Å².